The molecule has 0 aliphatic rings. The minimum absolute atomic E-state index is 0.0361. The van der Waals surface area contributed by atoms with Gasteiger partial charge in [0.05, 0.1) is 17.3 Å². The molecule has 0 unspecified atom stereocenters. The van der Waals surface area contributed by atoms with Gasteiger partial charge in [-0.25, -0.2) is 9.37 Å². The summed E-state index contributed by atoms with van der Waals surface area (Å²) < 4.78 is 18.6. The van der Waals surface area contributed by atoms with Gasteiger partial charge < -0.3 is 10.5 Å². The molecule has 1 heterocycles. The number of anilines is 1. The van der Waals surface area contributed by atoms with E-state index < -0.39 is 5.82 Å². The van der Waals surface area contributed by atoms with Crippen molar-refractivity contribution >= 4 is 28.2 Å². The number of nitrogen functional groups attached to an aromatic ring is 1. The zero-order valence-corrected chi connectivity index (χ0v) is 9.38. The number of hydrogen-bond acceptors (Lipinski definition) is 3. The second-order valence-electron chi connectivity index (χ2n) is 3.39. The van der Waals surface area contributed by atoms with E-state index in [-0.39, 0.29) is 17.1 Å². The van der Waals surface area contributed by atoms with Gasteiger partial charge >= 0.3 is 0 Å². The molecule has 84 valence electrons. The van der Waals surface area contributed by atoms with Crippen LogP contribution in [-0.2, 0) is 11.3 Å². The number of fused-ring (bicyclic) bond motifs is 1. The second kappa shape index (κ2) is 4.23. The number of halogens is 2. The van der Waals surface area contributed by atoms with Crippen molar-refractivity contribution in [3.05, 3.63) is 34.7 Å². The van der Waals surface area contributed by atoms with Crippen LogP contribution in [0.15, 0.2) is 18.2 Å². The maximum atomic E-state index is 13.7. The number of pyridine rings is 1. The Bertz CT molecular complexity index is 545. The van der Waals surface area contributed by atoms with Crippen molar-refractivity contribution in [2.24, 2.45) is 0 Å². The highest BCUT2D eigenvalue weighted by molar-refractivity contribution is 6.31. The van der Waals surface area contributed by atoms with Crippen molar-refractivity contribution in [2.45, 2.75) is 6.61 Å². The summed E-state index contributed by atoms with van der Waals surface area (Å²) in [5, 5.41) is 0.593. The normalized spacial score (nSPS) is 10.9. The van der Waals surface area contributed by atoms with Crippen molar-refractivity contribution in [3.63, 3.8) is 0 Å². The molecule has 0 bridgehead atoms. The van der Waals surface area contributed by atoms with E-state index in [0.29, 0.717) is 16.8 Å². The predicted octanol–water partition coefficient (Wildman–Crippen LogP) is 2.76. The van der Waals surface area contributed by atoms with Gasteiger partial charge in [0, 0.05) is 18.2 Å². The highest BCUT2D eigenvalue weighted by Gasteiger charge is 2.10. The molecule has 0 fully saturated rings. The lowest BCUT2D eigenvalue weighted by Crippen LogP contribution is -1.98. The summed E-state index contributed by atoms with van der Waals surface area (Å²) in [6, 6.07) is 4.78. The Kier molecular flexibility index (Phi) is 2.94. The van der Waals surface area contributed by atoms with Crippen LogP contribution in [-0.4, -0.2) is 12.1 Å². The van der Waals surface area contributed by atoms with Crippen LogP contribution in [0.25, 0.3) is 10.9 Å². The summed E-state index contributed by atoms with van der Waals surface area (Å²) in [5.74, 6) is -0.552. The zero-order valence-electron chi connectivity index (χ0n) is 8.63. The molecule has 0 saturated heterocycles. The molecule has 0 amide bonds. The number of nitrogens with zero attached hydrogens (tertiary/aromatic N) is 1. The van der Waals surface area contributed by atoms with E-state index in [2.05, 4.69) is 4.98 Å². The number of rotatable bonds is 2. The van der Waals surface area contributed by atoms with Crippen molar-refractivity contribution in [1.29, 1.82) is 0 Å². The smallest absolute Gasteiger partial charge is 0.168 e. The summed E-state index contributed by atoms with van der Waals surface area (Å²) in [4.78, 5) is 4.12. The fourth-order valence-corrected chi connectivity index (χ4v) is 1.69. The Hall–Kier alpha value is -1.39. The lowest BCUT2D eigenvalue weighted by atomic mass is 10.1. The molecule has 0 aliphatic heterocycles. The first-order valence-corrected chi connectivity index (χ1v) is 5.03. The van der Waals surface area contributed by atoms with Crippen LogP contribution in [0.2, 0.25) is 5.02 Å². The summed E-state index contributed by atoms with van der Waals surface area (Å²) in [6.07, 6.45) is 0. The van der Waals surface area contributed by atoms with Gasteiger partial charge in [0.25, 0.3) is 0 Å². The number of benzene rings is 1. The predicted molar refractivity (Wildman–Crippen MR) is 61.8 cm³/mol. The molecular formula is C11H10ClFN2O. The number of aromatic nitrogens is 1. The van der Waals surface area contributed by atoms with E-state index >= 15 is 0 Å². The molecule has 1 aromatic carbocycles. The van der Waals surface area contributed by atoms with Crippen LogP contribution >= 0.6 is 11.6 Å². The molecule has 2 aromatic rings. The molecule has 0 aliphatic carbocycles. The van der Waals surface area contributed by atoms with Crippen molar-refractivity contribution in [1.82, 2.24) is 4.98 Å². The largest absolute Gasteiger partial charge is 0.398 e. The molecule has 0 spiro atoms. The number of hydrogen-bond donors (Lipinski definition) is 1. The van der Waals surface area contributed by atoms with Gasteiger partial charge in [0.15, 0.2) is 5.82 Å². The molecule has 0 radical (unpaired) electrons. The topological polar surface area (TPSA) is 48.1 Å². The van der Waals surface area contributed by atoms with Gasteiger partial charge in [-0.3, -0.25) is 0 Å². The van der Waals surface area contributed by atoms with Crippen molar-refractivity contribution in [2.75, 3.05) is 12.8 Å². The summed E-state index contributed by atoms with van der Waals surface area (Å²) in [7, 11) is 1.54. The maximum absolute atomic E-state index is 13.7. The van der Waals surface area contributed by atoms with E-state index in [9.17, 15) is 4.39 Å². The first-order chi connectivity index (χ1) is 7.63. The fourth-order valence-electron chi connectivity index (χ4n) is 1.54. The highest BCUT2D eigenvalue weighted by atomic mass is 35.5. The highest BCUT2D eigenvalue weighted by Crippen LogP contribution is 2.27. The van der Waals surface area contributed by atoms with Gasteiger partial charge in [-0.2, -0.15) is 0 Å². The molecule has 5 heteroatoms. The van der Waals surface area contributed by atoms with Crippen LogP contribution in [0.1, 0.15) is 5.69 Å². The van der Waals surface area contributed by atoms with E-state index in [4.69, 9.17) is 22.1 Å². The van der Waals surface area contributed by atoms with Crippen LogP contribution in [0.5, 0.6) is 0 Å². The molecule has 2 rings (SSSR count). The molecule has 0 saturated carbocycles. The molecular weight excluding hydrogens is 231 g/mol. The lowest BCUT2D eigenvalue weighted by molar-refractivity contribution is 0.182. The third-order valence-corrected chi connectivity index (χ3v) is 2.54. The number of ether oxygens (including phenoxy) is 1. The van der Waals surface area contributed by atoms with E-state index in [0.717, 1.165) is 0 Å². The maximum Gasteiger partial charge on any atom is 0.168 e. The quantitative estimate of drug-likeness (QED) is 0.878. The Balaban J connectivity index is 2.73. The molecule has 0 atom stereocenters. The fraction of sp³-hybridized carbons (Fsp3) is 0.182. The van der Waals surface area contributed by atoms with Crippen LogP contribution < -0.4 is 5.73 Å². The first kappa shape index (κ1) is 11.1. The van der Waals surface area contributed by atoms with Crippen molar-refractivity contribution < 1.29 is 9.13 Å². The lowest BCUT2D eigenvalue weighted by Gasteiger charge is -2.07. The van der Waals surface area contributed by atoms with Crippen LogP contribution in [0.3, 0.4) is 0 Å². The average molecular weight is 241 g/mol. The summed E-state index contributed by atoms with van der Waals surface area (Å²) in [5.41, 5.74) is 7.02. The molecule has 3 nitrogen and oxygen atoms in total. The van der Waals surface area contributed by atoms with Crippen LogP contribution in [0, 0.1) is 5.82 Å². The third kappa shape index (κ3) is 1.81. The van der Waals surface area contributed by atoms with E-state index in [1.165, 1.54) is 13.2 Å². The van der Waals surface area contributed by atoms with Crippen molar-refractivity contribution in [3.8, 4) is 0 Å². The molecule has 2 N–H and O–H groups in total. The van der Waals surface area contributed by atoms with Gasteiger partial charge in [0.2, 0.25) is 0 Å². The second-order valence-corrected chi connectivity index (χ2v) is 3.80. The summed E-state index contributed by atoms with van der Waals surface area (Å²) >= 11 is 5.68. The zero-order chi connectivity index (χ0) is 11.7. The Morgan fingerprint density at radius 2 is 2.25 bits per heavy atom. The SMILES string of the molecule is COCc1cc(N)c2ccc(Cl)c(F)c2n1. The minimum atomic E-state index is -0.552. The van der Waals surface area contributed by atoms with Gasteiger partial charge in [0.1, 0.15) is 5.52 Å². The Morgan fingerprint density at radius 1 is 1.50 bits per heavy atom. The molecule has 16 heavy (non-hydrogen) atoms. The standard InChI is InChI=1S/C11H10ClFN2O/c1-16-5-6-4-9(14)7-2-3-8(12)10(13)11(7)15-6/h2-4H,5H2,1H3,(H2,14,15). The Morgan fingerprint density at radius 3 is 2.94 bits per heavy atom. The summed E-state index contributed by atoms with van der Waals surface area (Å²) in [6.45, 7) is 0.284. The third-order valence-electron chi connectivity index (χ3n) is 2.25. The van der Waals surface area contributed by atoms with Gasteiger partial charge in [-0.05, 0) is 18.2 Å². The average Bonchev–Trinajstić information content (AvgIpc) is 2.25. The molecule has 1 aromatic heterocycles. The van der Waals surface area contributed by atoms with E-state index in [1.54, 1.807) is 12.1 Å². The van der Waals surface area contributed by atoms with Gasteiger partial charge in [-0.15, -0.1) is 0 Å². The van der Waals surface area contributed by atoms with Gasteiger partial charge in [-0.1, -0.05) is 11.6 Å². The first-order valence-electron chi connectivity index (χ1n) is 4.65. The number of nitrogens with two attached hydrogens (primary N) is 1. The minimum Gasteiger partial charge on any atom is -0.398 e. The number of methoxy groups -OCH3 is 1. The monoisotopic (exact) mass is 240 g/mol. The van der Waals surface area contributed by atoms with E-state index in [1.807, 2.05) is 0 Å². The van der Waals surface area contributed by atoms with Crippen LogP contribution in [0.4, 0.5) is 10.1 Å². The Labute approximate surface area is 97.0 Å².